The van der Waals surface area contributed by atoms with Gasteiger partial charge in [-0.25, -0.2) is 4.79 Å². The third-order valence-electron chi connectivity index (χ3n) is 2.23. The first kappa shape index (κ1) is 14.8. The van der Waals surface area contributed by atoms with E-state index in [2.05, 4.69) is 5.32 Å². The van der Waals surface area contributed by atoms with Crippen molar-refractivity contribution in [2.24, 2.45) is 0 Å². The minimum absolute atomic E-state index is 0.163. The Kier molecular flexibility index (Phi) is 5.66. The number of nitrogens with one attached hydrogen (secondary N) is 1. The summed E-state index contributed by atoms with van der Waals surface area (Å²) < 4.78 is 10.2. The van der Waals surface area contributed by atoms with Gasteiger partial charge in [-0.05, 0) is 32.0 Å². The van der Waals surface area contributed by atoms with Crippen LogP contribution in [-0.2, 0) is 9.53 Å². The van der Waals surface area contributed by atoms with Gasteiger partial charge in [-0.3, -0.25) is 4.79 Å². The van der Waals surface area contributed by atoms with Crippen molar-refractivity contribution in [1.29, 1.82) is 0 Å². The summed E-state index contributed by atoms with van der Waals surface area (Å²) in [5, 5.41) is 2.60. The molecule has 0 fully saturated rings. The Morgan fingerprint density at radius 3 is 2.68 bits per heavy atom. The molecule has 6 heteroatoms. The number of nitrogen functional groups attached to an aromatic ring is 1. The summed E-state index contributed by atoms with van der Waals surface area (Å²) in [7, 11) is 0. The van der Waals surface area contributed by atoms with Crippen LogP contribution in [-0.4, -0.2) is 31.6 Å². The Hall–Kier alpha value is -2.24. The summed E-state index contributed by atoms with van der Waals surface area (Å²) in [6, 6.07) is 4.60. The smallest absolute Gasteiger partial charge is 0.341 e. The van der Waals surface area contributed by atoms with E-state index in [0.29, 0.717) is 12.2 Å². The maximum atomic E-state index is 11.7. The third kappa shape index (κ3) is 4.50. The average Bonchev–Trinajstić information content (AvgIpc) is 2.38. The van der Waals surface area contributed by atoms with Crippen molar-refractivity contribution in [3.8, 4) is 5.75 Å². The van der Waals surface area contributed by atoms with E-state index in [9.17, 15) is 9.59 Å². The van der Waals surface area contributed by atoms with Gasteiger partial charge < -0.3 is 20.5 Å². The summed E-state index contributed by atoms with van der Waals surface area (Å²) in [6.07, 6.45) is 0. The first-order valence-electron chi connectivity index (χ1n) is 6.04. The lowest BCUT2D eigenvalue weighted by molar-refractivity contribution is -0.123. The van der Waals surface area contributed by atoms with E-state index >= 15 is 0 Å². The highest BCUT2D eigenvalue weighted by atomic mass is 16.5. The molecule has 1 rings (SSSR count). The number of hydrogen-bond acceptors (Lipinski definition) is 5. The van der Waals surface area contributed by atoms with Crippen LogP contribution in [0.3, 0.4) is 0 Å². The molecule has 0 saturated carbocycles. The maximum absolute atomic E-state index is 11.7. The second-order valence-electron chi connectivity index (χ2n) is 3.72. The SMILES string of the molecule is CCNC(=O)COc1ccc(N)cc1C(=O)OCC. The molecule has 1 amide bonds. The first-order valence-corrected chi connectivity index (χ1v) is 6.04. The van der Waals surface area contributed by atoms with Gasteiger partial charge in [-0.2, -0.15) is 0 Å². The molecule has 0 spiro atoms. The van der Waals surface area contributed by atoms with Gasteiger partial charge in [0.2, 0.25) is 0 Å². The van der Waals surface area contributed by atoms with Gasteiger partial charge in [-0.15, -0.1) is 0 Å². The molecule has 3 N–H and O–H groups in total. The molecule has 0 aliphatic carbocycles. The molecule has 0 atom stereocenters. The van der Waals surface area contributed by atoms with Gasteiger partial charge >= 0.3 is 5.97 Å². The molecular formula is C13H18N2O4. The zero-order chi connectivity index (χ0) is 14.3. The molecule has 0 aliphatic rings. The summed E-state index contributed by atoms with van der Waals surface area (Å²) in [5.74, 6) is -0.506. The monoisotopic (exact) mass is 266 g/mol. The number of carbonyl (C=O) groups is 2. The second kappa shape index (κ2) is 7.25. The van der Waals surface area contributed by atoms with Crippen LogP contribution in [0.4, 0.5) is 5.69 Å². The van der Waals surface area contributed by atoms with Crippen LogP contribution in [0.1, 0.15) is 24.2 Å². The average molecular weight is 266 g/mol. The highest BCUT2D eigenvalue weighted by Crippen LogP contribution is 2.22. The van der Waals surface area contributed by atoms with Crippen LogP contribution >= 0.6 is 0 Å². The van der Waals surface area contributed by atoms with Crippen molar-refractivity contribution in [3.05, 3.63) is 23.8 Å². The number of likely N-dealkylation sites (N-methyl/N-ethyl adjacent to an activating group) is 1. The molecular weight excluding hydrogens is 248 g/mol. The van der Waals surface area contributed by atoms with E-state index in [4.69, 9.17) is 15.2 Å². The fourth-order valence-corrected chi connectivity index (χ4v) is 1.43. The number of rotatable bonds is 6. The van der Waals surface area contributed by atoms with Gasteiger partial charge in [0.15, 0.2) is 6.61 Å². The molecule has 0 unspecified atom stereocenters. The molecule has 0 aliphatic heterocycles. The maximum Gasteiger partial charge on any atom is 0.341 e. The highest BCUT2D eigenvalue weighted by molar-refractivity contribution is 5.93. The van der Waals surface area contributed by atoms with E-state index in [1.165, 1.54) is 6.07 Å². The lowest BCUT2D eigenvalue weighted by Gasteiger charge is -2.11. The number of anilines is 1. The van der Waals surface area contributed by atoms with Gasteiger partial charge in [-0.1, -0.05) is 0 Å². The van der Waals surface area contributed by atoms with Gasteiger partial charge in [0.1, 0.15) is 11.3 Å². The fourth-order valence-electron chi connectivity index (χ4n) is 1.43. The Balaban J connectivity index is 2.82. The standard InChI is InChI=1S/C13H18N2O4/c1-3-15-12(16)8-19-11-6-5-9(14)7-10(11)13(17)18-4-2/h5-7H,3-4,8,14H2,1-2H3,(H,15,16). The summed E-state index contributed by atoms with van der Waals surface area (Å²) >= 11 is 0. The van der Waals surface area contributed by atoms with Crippen molar-refractivity contribution in [1.82, 2.24) is 5.32 Å². The summed E-state index contributed by atoms with van der Waals surface area (Å²) in [5.41, 5.74) is 6.26. The number of esters is 1. The number of carbonyl (C=O) groups excluding carboxylic acids is 2. The molecule has 104 valence electrons. The van der Waals surface area contributed by atoms with Crippen LogP contribution in [0.25, 0.3) is 0 Å². The molecule has 0 aromatic heterocycles. The molecule has 0 bridgehead atoms. The lowest BCUT2D eigenvalue weighted by atomic mass is 10.2. The Morgan fingerprint density at radius 1 is 1.32 bits per heavy atom. The molecule has 1 aromatic rings. The Bertz CT molecular complexity index is 460. The fraction of sp³-hybridized carbons (Fsp3) is 0.385. The molecule has 6 nitrogen and oxygen atoms in total. The number of amides is 1. The third-order valence-corrected chi connectivity index (χ3v) is 2.23. The molecule has 1 aromatic carbocycles. The van der Waals surface area contributed by atoms with Crippen LogP contribution in [0, 0.1) is 0 Å². The normalized spacial score (nSPS) is 9.79. The van der Waals surface area contributed by atoms with Crippen molar-refractivity contribution in [2.75, 3.05) is 25.5 Å². The van der Waals surface area contributed by atoms with Gasteiger partial charge in [0, 0.05) is 12.2 Å². The second-order valence-corrected chi connectivity index (χ2v) is 3.72. The van der Waals surface area contributed by atoms with Crippen molar-refractivity contribution in [2.45, 2.75) is 13.8 Å². The van der Waals surface area contributed by atoms with Crippen LogP contribution in [0.5, 0.6) is 5.75 Å². The van der Waals surface area contributed by atoms with Gasteiger partial charge in [0.25, 0.3) is 5.91 Å². The molecule has 19 heavy (non-hydrogen) atoms. The zero-order valence-corrected chi connectivity index (χ0v) is 11.1. The van der Waals surface area contributed by atoms with Gasteiger partial charge in [0.05, 0.1) is 6.61 Å². The molecule has 0 saturated heterocycles. The van der Waals surface area contributed by atoms with E-state index in [0.717, 1.165) is 0 Å². The van der Waals surface area contributed by atoms with Crippen LogP contribution in [0.15, 0.2) is 18.2 Å². The zero-order valence-electron chi connectivity index (χ0n) is 11.1. The lowest BCUT2D eigenvalue weighted by Crippen LogP contribution is -2.28. The van der Waals surface area contributed by atoms with Crippen molar-refractivity contribution < 1.29 is 19.1 Å². The van der Waals surface area contributed by atoms with E-state index in [-0.39, 0.29) is 30.4 Å². The number of benzene rings is 1. The summed E-state index contributed by atoms with van der Waals surface area (Å²) in [4.78, 5) is 23.0. The Morgan fingerprint density at radius 2 is 2.05 bits per heavy atom. The van der Waals surface area contributed by atoms with Crippen molar-refractivity contribution in [3.63, 3.8) is 0 Å². The molecule has 0 radical (unpaired) electrons. The predicted molar refractivity (Wildman–Crippen MR) is 71.0 cm³/mol. The first-order chi connectivity index (χ1) is 9.08. The van der Waals surface area contributed by atoms with Crippen LogP contribution < -0.4 is 15.8 Å². The largest absolute Gasteiger partial charge is 0.483 e. The van der Waals surface area contributed by atoms with E-state index < -0.39 is 5.97 Å². The van der Waals surface area contributed by atoms with Crippen LogP contribution in [0.2, 0.25) is 0 Å². The number of ether oxygens (including phenoxy) is 2. The topological polar surface area (TPSA) is 90.6 Å². The van der Waals surface area contributed by atoms with E-state index in [1.54, 1.807) is 19.1 Å². The highest BCUT2D eigenvalue weighted by Gasteiger charge is 2.15. The summed E-state index contributed by atoms with van der Waals surface area (Å²) in [6.45, 7) is 4.13. The predicted octanol–water partition coefficient (Wildman–Crippen LogP) is 0.960. The minimum Gasteiger partial charge on any atom is -0.483 e. The Labute approximate surface area is 111 Å². The van der Waals surface area contributed by atoms with E-state index in [1.807, 2.05) is 6.92 Å². The number of nitrogens with two attached hydrogens (primary N) is 1. The number of hydrogen-bond donors (Lipinski definition) is 2. The van der Waals surface area contributed by atoms with Crippen molar-refractivity contribution >= 4 is 17.6 Å². The minimum atomic E-state index is -0.527. The quantitative estimate of drug-likeness (QED) is 0.591. The molecule has 0 heterocycles.